The Hall–Kier alpha value is -2.59. The molecule has 2 aliphatic rings. The van der Waals surface area contributed by atoms with Crippen LogP contribution in [0.1, 0.15) is 21.5 Å². The lowest BCUT2D eigenvalue weighted by molar-refractivity contribution is -0.189. The maximum Gasteiger partial charge on any atom is 0.416 e. The SMILES string of the molecule is O=C(NCc1ccc(Cl)cc1)c1cn2c3c(cc(CN4CCOCC4)cc3c1=S)OC(F)(F)C2. The molecule has 0 spiro atoms. The maximum absolute atomic E-state index is 14.4. The molecule has 2 aliphatic heterocycles. The van der Waals surface area contributed by atoms with Gasteiger partial charge < -0.3 is 19.4 Å². The van der Waals surface area contributed by atoms with Crippen LogP contribution in [-0.2, 0) is 24.4 Å². The molecule has 0 unspecified atom stereocenters. The van der Waals surface area contributed by atoms with E-state index in [4.69, 9.17) is 33.3 Å². The summed E-state index contributed by atoms with van der Waals surface area (Å²) in [5.74, 6) is -0.364. The molecule has 0 bridgehead atoms. The molecule has 34 heavy (non-hydrogen) atoms. The average Bonchev–Trinajstić information content (AvgIpc) is 2.80. The van der Waals surface area contributed by atoms with Crippen LogP contribution in [0.4, 0.5) is 8.78 Å². The van der Waals surface area contributed by atoms with E-state index in [1.165, 1.54) is 10.8 Å². The van der Waals surface area contributed by atoms with Gasteiger partial charge in [0.25, 0.3) is 5.91 Å². The van der Waals surface area contributed by atoms with Gasteiger partial charge in [0.15, 0.2) is 5.75 Å². The number of alkyl halides is 2. The molecule has 5 rings (SSSR count). The van der Waals surface area contributed by atoms with Crippen molar-refractivity contribution in [3.63, 3.8) is 0 Å². The predicted molar refractivity (Wildman–Crippen MR) is 127 cm³/mol. The van der Waals surface area contributed by atoms with Crippen molar-refractivity contribution in [1.29, 1.82) is 0 Å². The standard InChI is InChI=1S/C24H22ClF2N3O3S/c25-17-3-1-15(2-4-17)11-28-23(31)19-13-30-14-24(26,27)33-20-10-16(9-18(21(20)30)22(19)34)12-29-5-7-32-8-6-29/h1-4,9-10,13H,5-8,11-12,14H2,(H,28,31). The zero-order valence-corrected chi connectivity index (χ0v) is 19.7. The van der Waals surface area contributed by atoms with Gasteiger partial charge in [-0.2, -0.15) is 8.78 Å². The Balaban J connectivity index is 1.51. The molecule has 0 atom stereocenters. The van der Waals surface area contributed by atoms with Crippen molar-refractivity contribution >= 4 is 40.6 Å². The molecule has 1 aromatic heterocycles. The number of hydrogen-bond acceptors (Lipinski definition) is 5. The molecule has 3 heterocycles. The molecule has 1 saturated heterocycles. The lowest BCUT2D eigenvalue weighted by atomic mass is 10.1. The minimum absolute atomic E-state index is 0.0660. The van der Waals surface area contributed by atoms with Gasteiger partial charge in [0.1, 0.15) is 6.54 Å². The molecule has 2 aromatic carbocycles. The Kier molecular flexibility index (Phi) is 6.28. The number of rotatable bonds is 5. The molecular weight excluding hydrogens is 484 g/mol. The summed E-state index contributed by atoms with van der Waals surface area (Å²) < 4.78 is 41.0. The predicted octanol–water partition coefficient (Wildman–Crippen LogP) is 4.77. The van der Waals surface area contributed by atoms with Crippen molar-refractivity contribution in [3.05, 3.63) is 68.8 Å². The number of hydrogen-bond donors (Lipinski definition) is 1. The second-order valence-corrected chi connectivity index (χ2v) is 9.27. The summed E-state index contributed by atoms with van der Waals surface area (Å²) in [5, 5.41) is 3.97. The minimum Gasteiger partial charge on any atom is -0.429 e. The normalized spacial score (nSPS) is 17.4. The largest absolute Gasteiger partial charge is 0.429 e. The number of nitrogens with zero attached hydrogens (tertiary/aromatic N) is 2. The average molecular weight is 506 g/mol. The summed E-state index contributed by atoms with van der Waals surface area (Å²) >= 11 is 11.6. The lowest BCUT2D eigenvalue weighted by Crippen LogP contribution is -2.36. The summed E-state index contributed by atoms with van der Waals surface area (Å²) in [5.41, 5.74) is 2.28. The second-order valence-electron chi connectivity index (χ2n) is 8.43. The molecule has 10 heteroatoms. The fraction of sp³-hybridized carbons (Fsp3) is 0.333. The van der Waals surface area contributed by atoms with Crippen molar-refractivity contribution in [1.82, 2.24) is 14.8 Å². The van der Waals surface area contributed by atoms with Crippen LogP contribution in [0.3, 0.4) is 0 Å². The molecule has 1 fully saturated rings. The summed E-state index contributed by atoms with van der Waals surface area (Å²) in [6.07, 6.45) is -2.01. The third-order valence-electron chi connectivity index (χ3n) is 5.93. The third-order valence-corrected chi connectivity index (χ3v) is 6.62. The fourth-order valence-electron chi connectivity index (χ4n) is 4.30. The third kappa shape index (κ3) is 4.79. The number of carbonyl (C=O) groups excluding carboxylic acids is 1. The van der Waals surface area contributed by atoms with Gasteiger partial charge in [0.2, 0.25) is 0 Å². The number of ether oxygens (including phenoxy) is 2. The molecule has 1 amide bonds. The molecule has 0 saturated carbocycles. The summed E-state index contributed by atoms with van der Waals surface area (Å²) in [6.45, 7) is 2.84. The van der Waals surface area contributed by atoms with Crippen molar-refractivity contribution in [3.8, 4) is 5.75 Å². The van der Waals surface area contributed by atoms with Crippen LogP contribution in [0.15, 0.2) is 42.6 Å². The van der Waals surface area contributed by atoms with Crippen LogP contribution in [0.2, 0.25) is 5.02 Å². The topological polar surface area (TPSA) is 55.7 Å². The van der Waals surface area contributed by atoms with Gasteiger partial charge in [-0.05, 0) is 35.4 Å². The number of aromatic nitrogens is 1. The Morgan fingerprint density at radius 3 is 2.62 bits per heavy atom. The second kappa shape index (κ2) is 9.22. The Morgan fingerprint density at radius 1 is 1.15 bits per heavy atom. The highest BCUT2D eigenvalue weighted by atomic mass is 35.5. The van der Waals surface area contributed by atoms with E-state index in [0.717, 1.165) is 24.2 Å². The van der Waals surface area contributed by atoms with E-state index < -0.39 is 18.6 Å². The number of amides is 1. The highest BCUT2D eigenvalue weighted by molar-refractivity contribution is 7.71. The zero-order valence-electron chi connectivity index (χ0n) is 18.2. The summed E-state index contributed by atoms with van der Waals surface area (Å²) in [6, 6.07) is 10.6. The van der Waals surface area contributed by atoms with E-state index in [2.05, 4.69) is 10.2 Å². The van der Waals surface area contributed by atoms with Crippen LogP contribution >= 0.6 is 23.8 Å². The van der Waals surface area contributed by atoms with Crippen molar-refractivity contribution in [2.24, 2.45) is 0 Å². The first-order chi connectivity index (χ1) is 16.3. The molecule has 1 N–H and O–H groups in total. The highest BCUT2D eigenvalue weighted by Gasteiger charge is 2.38. The van der Waals surface area contributed by atoms with Gasteiger partial charge in [0.05, 0.1) is 28.8 Å². The van der Waals surface area contributed by atoms with E-state index >= 15 is 0 Å². The molecule has 6 nitrogen and oxygen atoms in total. The first-order valence-corrected chi connectivity index (χ1v) is 11.7. The number of halogens is 3. The first-order valence-electron chi connectivity index (χ1n) is 10.9. The smallest absolute Gasteiger partial charge is 0.416 e. The molecule has 0 radical (unpaired) electrons. The Labute approximate surface area is 205 Å². The van der Waals surface area contributed by atoms with Gasteiger partial charge in [-0.15, -0.1) is 0 Å². The van der Waals surface area contributed by atoms with Gasteiger partial charge in [0, 0.05) is 42.8 Å². The number of morpholine rings is 1. The minimum atomic E-state index is -3.40. The monoisotopic (exact) mass is 505 g/mol. The van der Waals surface area contributed by atoms with Crippen LogP contribution in [0.5, 0.6) is 5.75 Å². The van der Waals surface area contributed by atoms with E-state index in [-0.39, 0.29) is 17.9 Å². The first kappa shape index (κ1) is 23.2. The summed E-state index contributed by atoms with van der Waals surface area (Å²) in [7, 11) is 0. The Morgan fingerprint density at radius 2 is 1.88 bits per heavy atom. The quantitative estimate of drug-likeness (QED) is 0.506. The van der Waals surface area contributed by atoms with Crippen LogP contribution in [0.25, 0.3) is 10.9 Å². The Bertz CT molecular complexity index is 1310. The van der Waals surface area contributed by atoms with E-state index in [9.17, 15) is 13.6 Å². The van der Waals surface area contributed by atoms with Crippen molar-refractivity contribution < 1.29 is 23.0 Å². The highest BCUT2D eigenvalue weighted by Crippen LogP contribution is 2.38. The maximum atomic E-state index is 14.4. The summed E-state index contributed by atoms with van der Waals surface area (Å²) in [4.78, 5) is 15.2. The van der Waals surface area contributed by atoms with Crippen LogP contribution in [0, 0.1) is 4.51 Å². The molecule has 3 aromatic rings. The van der Waals surface area contributed by atoms with E-state index in [1.807, 2.05) is 6.07 Å². The number of pyridine rings is 1. The van der Waals surface area contributed by atoms with Gasteiger partial charge in [-0.25, -0.2) is 0 Å². The molecule has 0 aliphatic carbocycles. The number of benzene rings is 2. The van der Waals surface area contributed by atoms with Gasteiger partial charge >= 0.3 is 6.11 Å². The van der Waals surface area contributed by atoms with Crippen LogP contribution in [-0.4, -0.2) is 47.8 Å². The van der Waals surface area contributed by atoms with E-state index in [0.29, 0.717) is 40.2 Å². The van der Waals surface area contributed by atoms with Crippen molar-refractivity contribution in [2.75, 3.05) is 26.3 Å². The van der Waals surface area contributed by atoms with E-state index in [1.54, 1.807) is 30.3 Å². The molecular formula is C24H22ClF2N3O3S. The lowest BCUT2D eigenvalue weighted by Gasteiger charge is -2.30. The molecule has 178 valence electrons. The number of carbonyl (C=O) groups is 1. The number of nitrogens with one attached hydrogen (secondary N) is 1. The van der Waals surface area contributed by atoms with Gasteiger partial charge in [-0.1, -0.05) is 36.0 Å². The van der Waals surface area contributed by atoms with Crippen LogP contribution < -0.4 is 10.1 Å². The zero-order chi connectivity index (χ0) is 23.9. The fourth-order valence-corrected chi connectivity index (χ4v) is 4.73. The van der Waals surface area contributed by atoms with Gasteiger partial charge in [-0.3, -0.25) is 9.69 Å². The van der Waals surface area contributed by atoms with Crippen molar-refractivity contribution in [2.45, 2.75) is 25.7 Å².